The lowest BCUT2D eigenvalue weighted by molar-refractivity contribution is 0.0217. The van der Waals surface area contributed by atoms with Crippen molar-refractivity contribution >= 4 is 5.78 Å². The topological polar surface area (TPSA) is 26.3 Å². The molecule has 0 aliphatic heterocycles. The molecule has 3 heteroatoms. The third kappa shape index (κ3) is 3.64. The molecule has 1 aromatic carbocycles. The molecule has 0 spiro atoms. The summed E-state index contributed by atoms with van der Waals surface area (Å²) in [6, 6.07) is 5.76. The van der Waals surface area contributed by atoms with Gasteiger partial charge in [0, 0.05) is 5.56 Å². The van der Waals surface area contributed by atoms with Crippen molar-refractivity contribution in [3.8, 4) is 0 Å². The van der Waals surface area contributed by atoms with Crippen LogP contribution in [-0.4, -0.2) is 18.5 Å². The van der Waals surface area contributed by atoms with Crippen LogP contribution in [0.15, 0.2) is 24.3 Å². The number of ether oxygens (including phenoxy) is 1. The summed E-state index contributed by atoms with van der Waals surface area (Å²) in [7, 11) is 0. The number of ketones is 1. The van der Waals surface area contributed by atoms with Crippen LogP contribution >= 0.6 is 0 Å². The minimum atomic E-state index is -0.382. The second kappa shape index (κ2) is 6.10. The van der Waals surface area contributed by atoms with Crippen molar-refractivity contribution in [2.75, 3.05) is 6.61 Å². The fourth-order valence-corrected chi connectivity index (χ4v) is 2.33. The van der Waals surface area contributed by atoms with Gasteiger partial charge in [-0.25, -0.2) is 4.39 Å². The van der Waals surface area contributed by atoms with Crippen molar-refractivity contribution in [3.63, 3.8) is 0 Å². The predicted octanol–water partition coefficient (Wildman–Crippen LogP) is 3.60. The normalized spacial score (nSPS) is 23.9. The van der Waals surface area contributed by atoms with Crippen molar-refractivity contribution in [2.24, 2.45) is 5.92 Å². The smallest absolute Gasteiger partial charge is 0.188 e. The van der Waals surface area contributed by atoms with Gasteiger partial charge in [0.1, 0.15) is 12.4 Å². The Kier molecular flexibility index (Phi) is 4.48. The van der Waals surface area contributed by atoms with E-state index in [1.54, 1.807) is 12.1 Å². The molecule has 98 valence electrons. The Morgan fingerprint density at radius 1 is 1.33 bits per heavy atom. The van der Waals surface area contributed by atoms with Gasteiger partial charge in [-0.1, -0.05) is 19.1 Å². The van der Waals surface area contributed by atoms with Crippen LogP contribution in [0.1, 0.15) is 43.0 Å². The number of hydrogen-bond acceptors (Lipinski definition) is 2. The monoisotopic (exact) mass is 250 g/mol. The first-order chi connectivity index (χ1) is 8.65. The van der Waals surface area contributed by atoms with Gasteiger partial charge in [0.05, 0.1) is 6.10 Å². The summed E-state index contributed by atoms with van der Waals surface area (Å²) in [6.07, 6.45) is 4.58. The minimum absolute atomic E-state index is 0.0580. The van der Waals surface area contributed by atoms with Gasteiger partial charge in [0.25, 0.3) is 0 Å². The number of hydrogen-bond donors (Lipinski definition) is 0. The quantitative estimate of drug-likeness (QED) is 0.763. The zero-order valence-corrected chi connectivity index (χ0v) is 10.7. The lowest BCUT2D eigenvalue weighted by Gasteiger charge is -2.25. The van der Waals surface area contributed by atoms with Gasteiger partial charge in [0.15, 0.2) is 5.78 Å². The number of Topliss-reactive ketones (excluding diaryl/α,β-unsaturated/α-hetero) is 1. The SMILES string of the molecule is CC1CCC(OCC(=O)c2cccc(F)c2)CC1. The molecule has 0 atom stereocenters. The van der Waals surface area contributed by atoms with Crippen LogP contribution in [0.3, 0.4) is 0 Å². The number of benzene rings is 1. The first-order valence-corrected chi connectivity index (χ1v) is 6.55. The molecule has 1 saturated carbocycles. The molecule has 0 N–H and O–H groups in total. The van der Waals surface area contributed by atoms with Crippen molar-refractivity contribution in [1.29, 1.82) is 0 Å². The molecular weight excluding hydrogens is 231 g/mol. The highest BCUT2D eigenvalue weighted by Gasteiger charge is 2.19. The van der Waals surface area contributed by atoms with Gasteiger partial charge in [-0.2, -0.15) is 0 Å². The summed E-state index contributed by atoms with van der Waals surface area (Å²) in [4.78, 5) is 11.8. The van der Waals surface area contributed by atoms with E-state index in [1.165, 1.54) is 25.0 Å². The number of carbonyl (C=O) groups excluding carboxylic acids is 1. The van der Waals surface area contributed by atoms with Gasteiger partial charge < -0.3 is 4.74 Å². The van der Waals surface area contributed by atoms with Crippen molar-refractivity contribution in [3.05, 3.63) is 35.6 Å². The Bertz CT molecular complexity index is 409. The third-order valence-corrected chi connectivity index (χ3v) is 3.56. The van der Waals surface area contributed by atoms with Crippen molar-refractivity contribution in [2.45, 2.75) is 38.7 Å². The molecule has 18 heavy (non-hydrogen) atoms. The van der Waals surface area contributed by atoms with E-state index in [-0.39, 0.29) is 24.3 Å². The fourth-order valence-electron chi connectivity index (χ4n) is 2.33. The first kappa shape index (κ1) is 13.2. The Hall–Kier alpha value is -1.22. The first-order valence-electron chi connectivity index (χ1n) is 6.55. The molecule has 1 aromatic rings. The van der Waals surface area contributed by atoms with Crippen LogP contribution in [0.5, 0.6) is 0 Å². The summed E-state index contributed by atoms with van der Waals surface area (Å²) in [6.45, 7) is 2.30. The molecule has 0 heterocycles. The number of carbonyl (C=O) groups is 1. The van der Waals surface area contributed by atoms with Gasteiger partial charge in [0.2, 0.25) is 0 Å². The second-order valence-corrected chi connectivity index (χ2v) is 5.13. The average Bonchev–Trinajstić information content (AvgIpc) is 2.38. The van der Waals surface area contributed by atoms with E-state index in [2.05, 4.69) is 6.92 Å². The third-order valence-electron chi connectivity index (χ3n) is 3.56. The minimum Gasteiger partial charge on any atom is -0.370 e. The van der Waals surface area contributed by atoms with E-state index in [0.29, 0.717) is 5.56 Å². The lowest BCUT2D eigenvalue weighted by atomic mass is 9.89. The van der Waals surface area contributed by atoms with E-state index in [0.717, 1.165) is 18.8 Å². The molecule has 0 aromatic heterocycles. The maximum absolute atomic E-state index is 13.0. The number of rotatable bonds is 4. The summed E-state index contributed by atoms with van der Waals surface area (Å²) in [5, 5.41) is 0. The highest BCUT2D eigenvalue weighted by atomic mass is 19.1. The Morgan fingerprint density at radius 2 is 2.06 bits per heavy atom. The standard InChI is InChI=1S/C15H19FO2/c1-11-5-7-14(8-6-11)18-10-15(17)12-3-2-4-13(16)9-12/h2-4,9,11,14H,5-8,10H2,1H3. The molecule has 0 saturated heterocycles. The van der Waals surface area contributed by atoms with Crippen LogP contribution in [0.2, 0.25) is 0 Å². The Labute approximate surface area is 107 Å². The maximum Gasteiger partial charge on any atom is 0.188 e. The van der Waals surface area contributed by atoms with E-state index < -0.39 is 0 Å². The van der Waals surface area contributed by atoms with E-state index >= 15 is 0 Å². The van der Waals surface area contributed by atoms with Gasteiger partial charge in [-0.15, -0.1) is 0 Å². The van der Waals surface area contributed by atoms with Crippen molar-refractivity contribution in [1.82, 2.24) is 0 Å². The Morgan fingerprint density at radius 3 is 2.72 bits per heavy atom. The molecule has 1 fully saturated rings. The van der Waals surface area contributed by atoms with Crippen LogP contribution in [0.25, 0.3) is 0 Å². The maximum atomic E-state index is 13.0. The zero-order chi connectivity index (χ0) is 13.0. The summed E-state index contributed by atoms with van der Waals surface area (Å²) in [5.41, 5.74) is 0.388. The van der Waals surface area contributed by atoms with E-state index in [1.807, 2.05) is 0 Å². The molecule has 0 amide bonds. The van der Waals surface area contributed by atoms with Gasteiger partial charge in [-0.3, -0.25) is 4.79 Å². The van der Waals surface area contributed by atoms with Crippen LogP contribution in [0.4, 0.5) is 4.39 Å². The molecule has 0 unspecified atom stereocenters. The average molecular weight is 250 g/mol. The molecule has 0 radical (unpaired) electrons. The van der Waals surface area contributed by atoms with Crippen LogP contribution < -0.4 is 0 Å². The summed E-state index contributed by atoms with van der Waals surface area (Å²) in [5.74, 6) is 0.240. The fraction of sp³-hybridized carbons (Fsp3) is 0.533. The van der Waals surface area contributed by atoms with Crippen LogP contribution in [0, 0.1) is 11.7 Å². The zero-order valence-electron chi connectivity index (χ0n) is 10.7. The molecule has 1 aliphatic rings. The van der Waals surface area contributed by atoms with Crippen molar-refractivity contribution < 1.29 is 13.9 Å². The Balaban J connectivity index is 1.81. The predicted molar refractivity (Wildman–Crippen MR) is 68.1 cm³/mol. The van der Waals surface area contributed by atoms with E-state index in [4.69, 9.17) is 4.74 Å². The highest BCUT2D eigenvalue weighted by molar-refractivity contribution is 5.97. The van der Waals surface area contributed by atoms with Gasteiger partial charge >= 0.3 is 0 Å². The van der Waals surface area contributed by atoms with Crippen LogP contribution in [-0.2, 0) is 4.74 Å². The molecule has 0 bridgehead atoms. The number of halogens is 1. The largest absolute Gasteiger partial charge is 0.370 e. The highest BCUT2D eigenvalue weighted by Crippen LogP contribution is 2.25. The molecular formula is C15H19FO2. The molecule has 1 aliphatic carbocycles. The summed E-state index contributed by atoms with van der Waals surface area (Å²) < 4.78 is 18.6. The second-order valence-electron chi connectivity index (χ2n) is 5.13. The van der Waals surface area contributed by atoms with Gasteiger partial charge in [-0.05, 0) is 43.7 Å². The summed E-state index contributed by atoms with van der Waals surface area (Å²) >= 11 is 0. The molecule has 2 nitrogen and oxygen atoms in total. The van der Waals surface area contributed by atoms with E-state index in [9.17, 15) is 9.18 Å². The molecule has 2 rings (SSSR count). The lowest BCUT2D eigenvalue weighted by Crippen LogP contribution is -2.23.